The van der Waals surface area contributed by atoms with Gasteiger partial charge in [0.1, 0.15) is 0 Å². The lowest BCUT2D eigenvalue weighted by atomic mass is 9.67. The number of fused-ring (bicyclic) bond motifs is 16. The van der Waals surface area contributed by atoms with Crippen LogP contribution >= 0.6 is 0 Å². The van der Waals surface area contributed by atoms with E-state index in [1.807, 2.05) is 12.1 Å². The Kier molecular flexibility index (Phi) is 7.45. The first-order valence-corrected chi connectivity index (χ1v) is 22.3. The number of ether oxygens (including phenoxy) is 2. The van der Waals surface area contributed by atoms with Crippen molar-refractivity contribution < 1.29 is 9.47 Å². The van der Waals surface area contributed by atoms with Crippen LogP contribution in [-0.2, 0) is 10.8 Å². The second-order valence-corrected chi connectivity index (χ2v) is 17.3. The summed E-state index contributed by atoms with van der Waals surface area (Å²) in [6.45, 7) is 0. The van der Waals surface area contributed by atoms with Gasteiger partial charge in [0.15, 0.2) is 23.0 Å². The van der Waals surface area contributed by atoms with Crippen LogP contribution in [0.25, 0.3) is 33.4 Å². The zero-order chi connectivity index (χ0) is 42.7. The Hall–Kier alpha value is -8.58. The van der Waals surface area contributed by atoms with Crippen LogP contribution in [0.2, 0.25) is 0 Å². The molecule has 0 bridgehead atoms. The molecule has 0 fully saturated rings. The minimum Gasteiger partial charge on any atom is -0.449 e. The van der Waals surface area contributed by atoms with Crippen molar-refractivity contribution in [1.29, 1.82) is 0 Å². The Bertz CT molecular complexity index is 3470. The van der Waals surface area contributed by atoms with Crippen molar-refractivity contribution in [1.82, 2.24) is 0 Å². The summed E-state index contributed by atoms with van der Waals surface area (Å²) in [7, 11) is 0. The van der Waals surface area contributed by atoms with E-state index in [-0.39, 0.29) is 0 Å². The molecular formula is C62H37NO2. The van der Waals surface area contributed by atoms with Crippen molar-refractivity contribution in [3.05, 3.63) is 281 Å². The summed E-state index contributed by atoms with van der Waals surface area (Å²) in [5, 5.41) is 0. The molecule has 302 valence electrons. The summed E-state index contributed by atoms with van der Waals surface area (Å²) >= 11 is 0. The van der Waals surface area contributed by atoms with Crippen molar-refractivity contribution in [2.75, 3.05) is 4.90 Å². The normalized spacial score (nSPS) is 14.2. The van der Waals surface area contributed by atoms with E-state index in [1.165, 1.54) is 61.2 Å². The minimum atomic E-state index is -0.557. The van der Waals surface area contributed by atoms with Gasteiger partial charge in [0.25, 0.3) is 0 Å². The second-order valence-electron chi connectivity index (χ2n) is 17.3. The molecule has 10 aromatic carbocycles. The first-order valence-electron chi connectivity index (χ1n) is 22.3. The largest absolute Gasteiger partial charge is 0.449 e. The summed E-state index contributed by atoms with van der Waals surface area (Å²) in [6.07, 6.45) is 0. The summed E-state index contributed by atoms with van der Waals surface area (Å²) in [6, 6.07) is 87.5. The van der Waals surface area contributed by atoms with Crippen LogP contribution in [0.4, 0.5) is 17.1 Å². The summed E-state index contributed by atoms with van der Waals surface area (Å²) in [5.74, 6) is 2.73. The fourth-order valence-electron chi connectivity index (χ4n) is 11.8. The van der Waals surface area contributed by atoms with Crippen molar-refractivity contribution >= 4 is 17.1 Å². The van der Waals surface area contributed by atoms with Gasteiger partial charge < -0.3 is 14.4 Å². The highest BCUT2D eigenvalue weighted by Gasteiger charge is 2.53. The number of benzene rings is 9. The van der Waals surface area contributed by atoms with Gasteiger partial charge in [-0.25, -0.2) is 0 Å². The Morgan fingerprint density at radius 2 is 0.969 bits per heavy atom. The van der Waals surface area contributed by atoms with Crippen molar-refractivity contribution in [2.24, 2.45) is 0 Å². The maximum absolute atomic E-state index is 7.45. The Labute approximate surface area is 378 Å². The first kappa shape index (κ1) is 36.0. The maximum Gasteiger partial charge on any atom is 0.194 e. The zero-order valence-corrected chi connectivity index (χ0v) is 35.1. The molecule has 0 amide bonds. The third-order valence-electron chi connectivity index (χ3n) is 14.3. The molecule has 1 heterocycles. The van der Waals surface area contributed by atoms with Gasteiger partial charge in [0, 0.05) is 22.5 Å². The molecule has 3 nitrogen and oxygen atoms in total. The molecule has 0 saturated heterocycles. The number of hydrogen-bond acceptors (Lipinski definition) is 3. The fraction of sp³-hybridized carbons (Fsp3) is 0.0323. The summed E-state index contributed by atoms with van der Waals surface area (Å²) < 4.78 is 14.4. The van der Waals surface area contributed by atoms with Gasteiger partial charge in [-0.15, -0.1) is 0 Å². The van der Waals surface area contributed by atoms with Gasteiger partial charge in [-0.2, -0.15) is 0 Å². The van der Waals surface area contributed by atoms with Crippen LogP contribution < -0.4 is 14.4 Å². The third kappa shape index (κ3) is 4.70. The lowest BCUT2D eigenvalue weighted by Crippen LogP contribution is -2.28. The van der Waals surface area contributed by atoms with Crippen molar-refractivity contribution in [3.8, 4) is 56.4 Å². The molecule has 3 aliphatic carbocycles. The zero-order valence-electron chi connectivity index (χ0n) is 35.1. The van der Waals surface area contributed by atoms with E-state index in [2.05, 4.69) is 229 Å². The quantitative estimate of drug-likeness (QED) is 0.173. The number of nitrogens with zero attached hydrogens (tertiary/aromatic N) is 1. The predicted molar refractivity (Wildman–Crippen MR) is 259 cm³/mol. The second kappa shape index (κ2) is 13.5. The lowest BCUT2D eigenvalue weighted by Gasteiger charge is -2.35. The Morgan fingerprint density at radius 3 is 1.71 bits per heavy atom. The highest BCUT2D eigenvalue weighted by atomic mass is 16.6. The van der Waals surface area contributed by atoms with Gasteiger partial charge >= 0.3 is 0 Å². The Balaban J connectivity index is 0.983. The molecule has 1 atom stereocenters. The van der Waals surface area contributed by atoms with Crippen LogP contribution in [0, 0.1) is 12.1 Å². The number of rotatable bonds is 5. The van der Waals surface area contributed by atoms with Gasteiger partial charge in [0.05, 0.1) is 16.5 Å². The highest BCUT2D eigenvalue weighted by molar-refractivity contribution is 5.98. The fourth-order valence-corrected chi connectivity index (χ4v) is 11.8. The maximum atomic E-state index is 7.45. The average molecular weight is 828 g/mol. The highest BCUT2D eigenvalue weighted by Crippen LogP contribution is 2.67. The van der Waals surface area contributed by atoms with Gasteiger partial charge in [-0.05, 0) is 121 Å². The smallest absolute Gasteiger partial charge is 0.194 e. The molecule has 1 unspecified atom stereocenters. The molecule has 10 aromatic rings. The van der Waals surface area contributed by atoms with Crippen LogP contribution in [-0.4, -0.2) is 0 Å². The predicted octanol–water partition coefficient (Wildman–Crippen LogP) is 15.4. The minimum absolute atomic E-state index is 0.552. The van der Waals surface area contributed by atoms with Crippen molar-refractivity contribution in [3.63, 3.8) is 0 Å². The van der Waals surface area contributed by atoms with Gasteiger partial charge in [0.2, 0.25) is 0 Å². The molecule has 0 N–H and O–H groups in total. The van der Waals surface area contributed by atoms with Gasteiger partial charge in [-0.3, -0.25) is 0 Å². The van der Waals surface area contributed by atoms with Crippen LogP contribution in [0.5, 0.6) is 23.0 Å². The van der Waals surface area contributed by atoms with Crippen LogP contribution in [0.3, 0.4) is 0 Å². The number of para-hydroxylation sites is 2. The summed E-state index contributed by atoms with van der Waals surface area (Å²) in [5.41, 5.74) is 18.5. The molecule has 4 aliphatic rings. The summed E-state index contributed by atoms with van der Waals surface area (Å²) in [4.78, 5) is 2.33. The molecule has 0 radical (unpaired) electrons. The topological polar surface area (TPSA) is 21.7 Å². The SMILES string of the molecule is c1ccc2c(c#1)-c1ccccc1C21c2ccccc2-c2c1ccc1c2Oc2c(cccc2N(c2ccccc2)c2ccc3c(c2)C(c2ccccc2)(c2ccccc2)c2ccccc2-3)O1. The van der Waals surface area contributed by atoms with E-state index in [1.54, 1.807) is 0 Å². The molecular weight excluding hydrogens is 791 g/mol. The number of anilines is 3. The number of hydrogen-bond donors (Lipinski definition) is 0. The lowest BCUT2D eigenvalue weighted by molar-refractivity contribution is 0.361. The van der Waals surface area contributed by atoms with E-state index < -0.39 is 10.8 Å². The molecule has 0 saturated carbocycles. The molecule has 1 aliphatic heterocycles. The molecule has 0 aromatic heterocycles. The Morgan fingerprint density at radius 1 is 0.369 bits per heavy atom. The first-order chi connectivity index (χ1) is 32.3. The average Bonchev–Trinajstić information content (AvgIpc) is 3.97. The van der Waals surface area contributed by atoms with Crippen LogP contribution in [0.1, 0.15) is 44.5 Å². The van der Waals surface area contributed by atoms with E-state index in [9.17, 15) is 0 Å². The van der Waals surface area contributed by atoms with Crippen LogP contribution in [0.15, 0.2) is 224 Å². The van der Waals surface area contributed by atoms with Crippen molar-refractivity contribution in [2.45, 2.75) is 10.8 Å². The monoisotopic (exact) mass is 827 g/mol. The van der Waals surface area contributed by atoms with E-state index >= 15 is 0 Å². The van der Waals surface area contributed by atoms with E-state index in [0.717, 1.165) is 33.8 Å². The molecule has 3 heteroatoms. The third-order valence-corrected chi connectivity index (χ3v) is 14.3. The van der Waals surface area contributed by atoms with E-state index in [4.69, 9.17) is 9.47 Å². The van der Waals surface area contributed by atoms with Gasteiger partial charge in [-0.1, -0.05) is 182 Å². The molecule has 65 heavy (non-hydrogen) atoms. The molecule has 1 spiro atoms. The van der Waals surface area contributed by atoms with E-state index in [0.29, 0.717) is 23.0 Å². The molecule has 14 rings (SSSR count). The standard InChI is InChI=1S/C62H37NO2/c1-4-19-40(20-5-1)61(41-21-6-2-7-22-41)49-29-14-10-27-46(49)47-36-35-43(39-54(47)61)63(42-23-8-3-9-24-42)55-33-18-34-56-59(55)65-60-57(64-56)38-37-53-58(60)48-28-13-17-32-52(48)62(53)50-30-15-11-25-44(50)45-26-12-16-31-51(45)62/h1-11,13-25,27-39H.